The number of carbonyl (C=O) groups is 2. The molecule has 8 nitrogen and oxygen atoms in total. The summed E-state index contributed by atoms with van der Waals surface area (Å²) in [7, 11) is 8.69. The topological polar surface area (TPSA) is 89.5 Å². The predicted octanol–water partition coefficient (Wildman–Crippen LogP) is 3.21. The van der Waals surface area contributed by atoms with E-state index in [0.717, 1.165) is 11.1 Å². The number of esters is 2. The fourth-order valence-corrected chi connectivity index (χ4v) is 4.03. The van der Waals surface area contributed by atoms with E-state index in [-0.39, 0.29) is 5.57 Å². The van der Waals surface area contributed by atoms with E-state index in [9.17, 15) is 9.59 Å². The van der Waals surface area contributed by atoms with Gasteiger partial charge in [0.2, 0.25) is 0 Å². The maximum absolute atomic E-state index is 13.0. The van der Waals surface area contributed by atoms with Crippen LogP contribution in [-0.4, -0.2) is 54.6 Å². The lowest BCUT2D eigenvalue weighted by Gasteiger charge is -2.33. The molecule has 0 amide bonds. The summed E-state index contributed by atoms with van der Waals surface area (Å²) in [6, 6.07) is 8.91. The van der Waals surface area contributed by atoms with Crippen LogP contribution < -0.4 is 18.9 Å². The fourth-order valence-electron chi connectivity index (χ4n) is 4.03. The summed E-state index contributed by atoms with van der Waals surface area (Å²) in [5, 5.41) is 0. The quantitative estimate of drug-likeness (QED) is 0.604. The first-order chi connectivity index (χ1) is 15.4. The van der Waals surface area contributed by atoms with Crippen molar-refractivity contribution in [1.29, 1.82) is 0 Å². The Bertz CT molecular complexity index is 1060. The first-order valence-electron chi connectivity index (χ1n) is 9.79. The molecule has 8 heteroatoms. The molecule has 0 heterocycles. The van der Waals surface area contributed by atoms with Gasteiger partial charge in [-0.3, -0.25) is 4.79 Å². The summed E-state index contributed by atoms with van der Waals surface area (Å²) in [4.78, 5) is 25.7. The zero-order valence-electron chi connectivity index (χ0n) is 18.9. The summed E-state index contributed by atoms with van der Waals surface area (Å²) in [6.07, 6.45) is 1.63. The fraction of sp³-hybridized carbons (Fsp3) is 0.333. The van der Waals surface area contributed by atoms with Crippen LogP contribution >= 0.6 is 0 Å². The van der Waals surface area contributed by atoms with E-state index >= 15 is 0 Å². The molecule has 170 valence electrons. The minimum Gasteiger partial charge on any atom is -0.493 e. The van der Waals surface area contributed by atoms with Crippen LogP contribution in [0.1, 0.15) is 22.6 Å². The van der Waals surface area contributed by atoms with E-state index < -0.39 is 23.8 Å². The standard InChI is InChI=1S/C24H26O8/c1-27-17-8-7-13(10-18(17)28-2)21-15-12-20(30-4)19(29-3)11-14(15)9-16(23(25)31-5)22(21)24(26)32-6/h7-12,21-22H,1-6H3/t21-,22+/m1/s1. The van der Waals surface area contributed by atoms with Crippen molar-refractivity contribution in [1.82, 2.24) is 0 Å². The van der Waals surface area contributed by atoms with Gasteiger partial charge in [-0.2, -0.15) is 0 Å². The third-order valence-corrected chi connectivity index (χ3v) is 5.55. The summed E-state index contributed by atoms with van der Waals surface area (Å²) in [5.41, 5.74) is 2.36. The molecule has 0 fully saturated rings. The summed E-state index contributed by atoms with van der Waals surface area (Å²) in [5.74, 6) is -0.701. The number of carbonyl (C=O) groups excluding carboxylic acids is 2. The van der Waals surface area contributed by atoms with E-state index in [1.807, 2.05) is 6.07 Å². The van der Waals surface area contributed by atoms with Crippen LogP contribution in [0.3, 0.4) is 0 Å². The molecule has 1 aliphatic rings. The molecular formula is C24H26O8. The number of fused-ring (bicyclic) bond motifs is 1. The highest BCUT2D eigenvalue weighted by atomic mass is 16.5. The van der Waals surface area contributed by atoms with E-state index in [2.05, 4.69) is 0 Å². The Morgan fingerprint density at radius 3 is 1.88 bits per heavy atom. The number of methoxy groups -OCH3 is 6. The first kappa shape index (κ1) is 23.0. The maximum atomic E-state index is 13.0. The third-order valence-electron chi connectivity index (χ3n) is 5.55. The molecular weight excluding hydrogens is 416 g/mol. The Morgan fingerprint density at radius 1 is 0.719 bits per heavy atom. The first-order valence-corrected chi connectivity index (χ1v) is 9.79. The van der Waals surface area contributed by atoms with Crippen molar-refractivity contribution in [2.75, 3.05) is 42.7 Å². The molecule has 0 aromatic heterocycles. The molecule has 1 aliphatic carbocycles. The highest BCUT2D eigenvalue weighted by molar-refractivity contribution is 6.02. The number of rotatable bonds is 7. The summed E-state index contributed by atoms with van der Waals surface area (Å²) < 4.78 is 31.8. The number of ether oxygens (including phenoxy) is 6. The zero-order chi connectivity index (χ0) is 23.4. The van der Waals surface area contributed by atoms with Crippen molar-refractivity contribution in [2.24, 2.45) is 5.92 Å². The van der Waals surface area contributed by atoms with Crippen molar-refractivity contribution in [3.05, 3.63) is 52.6 Å². The van der Waals surface area contributed by atoms with Crippen molar-refractivity contribution >= 4 is 18.0 Å². The largest absolute Gasteiger partial charge is 0.493 e. The van der Waals surface area contributed by atoms with Crippen molar-refractivity contribution < 1.29 is 38.0 Å². The second-order valence-electron chi connectivity index (χ2n) is 7.02. The molecule has 0 saturated carbocycles. The van der Waals surface area contributed by atoms with Gasteiger partial charge in [-0.1, -0.05) is 6.07 Å². The predicted molar refractivity (Wildman–Crippen MR) is 116 cm³/mol. The van der Waals surface area contributed by atoms with E-state index in [1.165, 1.54) is 35.5 Å². The Morgan fingerprint density at radius 2 is 1.31 bits per heavy atom. The molecule has 2 aromatic rings. The van der Waals surface area contributed by atoms with Crippen LogP contribution in [0.2, 0.25) is 0 Å². The Balaban J connectivity index is 2.34. The SMILES string of the molecule is COC(=O)C1=Cc2cc(OC)c(OC)cc2[C@@H](c2ccc(OC)c(OC)c2)[C@H]1C(=O)OC. The lowest BCUT2D eigenvalue weighted by molar-refractivity contribution is -0.147. The van der Waals surface area contributed by atoms with Crippen molar-refractivity contribution in [3.8, 4) is 23.0 Å². The molecule has 0 aliphatic heterocycles. The van der Waals surface area contributed by atoms with Gasteiger partial charge in [-0.25, -0.2) is 4.79 Å². The lowest BCUT2D eigenvalue weighted by Crippen LogP contribution is -2.32. The smallest absolute Gasteiger partial charge is 0.334 e. The number of hydrogen-bond acceptors (Lipinski definition) is 8. The highest BCUT2D eigenvalue weighted by Crippen LogP contribution is 2.48. The van der Waals surface area contributed by atoms with Crippen LogP contribution in [0.25, 0.3) is 6.08 Å². The van der Waals surface area contributed by atoms with E-state index in [0.29, 0.717) is 28.6 Å². The molecule has 0 N–H and O–H groups in total. The van der Waals surface area contributed by atoms with Crippen LogP contribution in [0.4, 0.5) is 0 Å². The van der Waals surface area contributed by atoms with Crippen LogP contribution in [0.5, 0.6) is 23.0 Å². The Kier molecular flexibility index (Phi) is 6.92. The average molecular weight is 442 g/mol. The van der Waals surface area contributed by atoms with E-state index in [4.69, 9.17) is 28.4 Å². The van der Waals surface area contributed by atoms with E-state index in [1.54, 1.807) is 37.5 Å². The maximum Gasteiger partial charge on any atom is 0.334 e. The van der Waals surface area contributed by atoms with Crippen molar-refractivity contribution in [3.63, 3.8) is 0 Å². The van der Waals surface area contributed by atoms with Crippen LogP contribution in [0, 0.1) is 5.92 Å². The normalized spacial score (nSPS) is 16.9. The molecule has 2 aromatic carbocycles. The summed E-state index contributed by atoms with van der Waals surface area (Å²) in [6.45, 7) is 0. The third kappa shape index (κ3) is 3.95. The van der Waals surface area contributed by atoms with Gasteiger partial charge in [0.05, 0.1) is 54.1 Å². The van der Waals surface area contributed by atoms with Crippen molar-refractivity contribution in [2.45, 2.75) is 5.92 Å². The zero-order valence-corrected chi connectivity index (χ0v) is 18.9. The summed E-state index contributed by atoms with van der Waals surface area (Å²) >= 11 is 0. The molecule has 0 radical (unpaired) electrons. The second kappa shape index (κ2) is 9.64. The van der Waals surface area contributed by atoms with Gasteiger partial charge in [-0.05, 0) is 47.0 Å². The average Bonchev–Trinajstić information content (AvgIpc) is 2.84. The number of benzene rings is 2. The minimum atomic E-state index is -0.948. The molecule has 0 bridgehead atoms. The van der Waals surface area contributed by atoms with Gasteiger partial charge in [0, 0.05) is 5.92 Å². The van der Waals surface area contributed by atoms with Gasteiger partial charge in [0.15, 0.2) is 23.0 Å². The highest BCUT2D eigenvalue weighted by Gasteiger charge is 2.42. The van der Waals surface area contributed by atoms with Crippen LogP contribution in [0.15, 0.2) is 35.9 Å². The minimum absolute atomic E-state index is 0.179. The molecule has 2 atom stereocenters. The monoisotopic (exact) mass is 442 g/mol. The lowest BCUT2D eigenvalue weighted by atomic mass is 9.71. The molecule has 0 spiro atoms. The second-order valence-corrected chi connectivity index (χ2v) is 7.02. The molecule has 0 saturated heterocycles. The number of hydrogen-bond donors (Lipinski definition) is 0. The Labute approximate surface area is 186 Å². The van der Waals surface area contributed by atoms with Gasteiger partial charge in [0.25, 0.3) is 0 Å². The molecule has 32 heavy (non-hydrogen) atoms. The van der Waals surface area contributed by atoms with Crippen LogP contribution in [-0.2, 0) is 19.1 Å². The van der Waals surface area contributed by atoms with Gasteiger partial charge in [0.1, 0.15) is 0 Å². The molecule has 3 rings (SSSR count). The van der Waals surface area contributed by atoms with Gasteiger partial charge in [-0.15, -0.1) is 0 Å². The van der Waals surface area contributed by atoms with Gasteiger partial charge >= 0.3 is 11.9 Å². The molecule has 0 unspecified atom stereocenters. The Hall–Kier alpha value is -3.68. The van der Waals surface area contributed by atoms with Gasteiger partial charge < -0.3 is 28.4 Å².